The van der Waals surface area contributed by atoms with Crippen LogP contribution in [0.5, 0.6) is 0 Å². The molecule has 0 amide bonds. The molecule has 1 aromatic carbocycles. The Bertz CT molecular complexity index is 702. The lowest BCUT2D eigenvalue weighted by Crippen LogP contribution is -2.34. The first-order valence-electron chi connectivity index (χ1n) is 7.34. The van der Waals surface area contributed by atoms with Crippen LogP contribution in [0.25, 0.3) is 0 Å². The fourth-order valence-corrected chi connectivity index (χ4v) is 2.56. The summed E-state index contributed by atoms with van der Waals surface area (Å²) < 4.78 is 4.32. The van der Waals surface area contributed by atoms with Gasteiger partial charge >= 0.3 is 0 Å². The number of imidazole rings is 1. The third-order valence-electron chi connectivity index (χ3n) is 3.80. The Morgan fingerprint density at radius 2 is 1.91 bits per heavy atom. The number of hydrogen-bond acceptors (Lipinski definition) is 2. The molecule has 0 spiro atoms. The zero-order valence-electron chi connectivity index (χ0n) is 12.2. The van der Waals surface area contributed by atoms with E-state index in [2.05, 4.69) is 52.2 Å². The fourth-order valence-electron chi connectivity index (χ4n) is 2.56. The number of aryl methyl sites for hydroxylation is 2. The van der Waals surface area contributed by atoms with Crippen LogP contribution in [0, 0.1) is 16.0 Å². The van der Waals surface area contributed by atoms with Crippen LogP contribution in [0.2, 0.25) is 0 Å². The number of nitro benzene ring substituents is 1. The van der Waals surface area contributed by atoms with Crippen LogP contribution in [0.3, 0.4) is 0 Å². The van der Waals surface area contributed by atoms with Crippen LogP contribution < -0.4 is 4.57 Å². The van der Waals surface area contributed by atoms with Crippen molar-refractivity contribution >= 4 is 5.69 Å². The third kappa shape index (κ3) is 3.49. The lowest BCUT2D eigenvalue weighted by atomic mass is 10.1. The normalized spacial score (nSPS) is 13.8. The minimum Gasteiger partial charge on any atom is -0.258 e. The van der Waals surface area contributed by atoms with E-state index in [1.54, 1.807) is 12.1 Å². The second-order valence-corrected chi connectivity index (χ2v) is 5.46. The summed E-state index contributed by atoms with van der Waals surface area (Å²) in [7, 11) is 0. The highest BCUT2D eigenvalue weighted by molar-refractivity contribution is 5.32. The first kappa shape index (κ1) is 14.3. The van der Waals surface area contributed by atoms with Crippen LogP contribution in [0.4, 0.5) is 5.69 Å². The fraction of sp³-hybridized carbons (Fsp3) is 0.235. The maximum Gasteiger partial charge on any atom is 0.269 e. The molecule has 1 heterocycles. The van der Waals surface area contributed by atoms with Crippen molar-refractivity contribution in [3.8, 4) is 0 Å². The molecule has 2 aromatic rings. The van der Waals surface area contributed by atoms with Crippen molar-refractivity contribution in [1.82, 2.24) is 4.57 Å². The van der Waals surface area contributed by atoms with Gasteiger partial charge < -0.3 is 0 Å². The van der Waals surface area contributed by atoms with Gasteiger partial charge in [0.25, 0.3) is 5.69 Å². The summed E-state index contributed by atoms with van der Waals surface area (Å²) in [4.78, 5) is 10.3. The number of rotatable bonds is 6. The van der Waals surface area contributed by atoms with Gasteiger partial charge in [-0.15, -0.1) is 0 Å². The molecular weight excluding hydrogens is 278 g/mol. The number of nitro groups is 1. The summed E-state index contributed by atoms with van der Waals surface area (Å²) >= 11 is 0. The minimum atomic E-state index is -0.370. The molecule has 0 N–H and O–H groups in total. The van der Waals surface area contributed by atoms with Gasteiger partial charge in [-0.1, -0.05) is 36.4 Å². The summed E-state index contributed by atoms with van der Waals surface area (Å²) in [5, 5.41) is 10.6. The molecule has 1 aliphatic carbocycles. The summed E-state index contributed by atoms with van der Waals surface area (Å²) in [6.45, 7) is 1.82. The van der Waals surface area contributed by atoms with Gasteiger partial charge in [-0.05, 0) is 5.56 Å². The topological polar surface area (TPSA) is 52.0 Å². The van der Waals surface area contributed by atoms with Gasteiger partial charge in [-0.25, -0.2) is 9.13 Å². The Labute approximate surface area is 129 Å². The zero-order valence-corrected chi connectivity index (χ0v) is 12.2. The number of non-ortho nitro benzene ring substituents is 1. The molecule has 1 aromatic heterocycles. The van der Waals surface area contributed by atoms with Gasteiger partial charge in [0.05, 0.1) is 18.0 Å². The summed E-state index contributed by atoms with van der Waals surface area (Å²) in [6, 6.07) is 6.77. The Morgan fingerprint density at radius 3 is 2.59 bits per heavy atom. The second-order valence-electron chi connectivity index (χ2n) is 5.46. The first-order chi connectivity index (χ1) is 10.7. The molecule has 0 saturated heterocycles. The molecule has 0 fully saturated rings. The van der Waals surface area contributed by atoms with E-state index in [9.17, 15) is 10.1 Å². The molecular formula is C17H18N3O2+. The average molecular weight is 296 g/mol. The SMILES string of the molecule is O=[N+]([O-])c1ccc(CCn2cc[n+](CC3C=CC=C3)c2)cc1. The lowest BCUT2D eigenvalue weighted by Gasteiger charge is -2.01. The summed E-state index contributed by atoms with van der Waals surface area (Å²) in [5.41, 5.74) is 1.24. The van der Waals surface area contributed by atoms with Crippen LogP contribution in [-0.4, -0.2) is 9.49 Å². The van der Waals surface area contributed by atoms with E-state index < -0.39 is 0 Å². The van der Waals surface area contributed by atoms with Gasteiger partial charge in [0.1, 0.15) is 12.4 Å². The van der Waals surface area contributed by atoms with Crippen molar-refractivity contribution in [3.63, 3.8) is 0 Å². The van der Waals surface area contributed by atoms with E-state index in [0.29, 0.717) is 5.92 Å². The van der Waals surface area contributed by atoms with Crippen LogP contribution in [0.1, 0.15) is 5.56 Å². The van der Waals surface area contributed by atoms with Crippen molar-refractivity contribution in [2.24, 2.45) is 5.92 Å². The van der Waals surface area contributed by atoms with Gasteiger partial charge in [0.2, 0.25) is 6.33 Å². The Balaban J connectivity index is 1.55. The minimum absolute atomic E-state index is 0.139. The highest BCUT2D eigenvalue weighted by Crippen LogP contribution is 2.13. The summed E-state index contributed by atoms with van der Waals surface area (Å²) in [5.74, 6) is 0.482. The predicted octanol–water partition coefficient (Wildman–Crippen LogP) is 2.67. The van der Waals surface area contributed by atoms with Crippen molar-refractivity contribution in [3.05, 3.63) is 83.0 Å². The van der Waals surface area contributed by atoms with Gasteiger partial charge in [0.15, 0.2) is 0 Å². The quantitative estimate of drug-likeness (QED) is 0.467. The largest absolute Gasteiger partial charge is 0.269 e. The van der Waals surface area contributed by atoms with Crippen LogP contribution in [-0.2, 0) is 19.5 Å². The molecule has 0 bridgehead atoms. The predicted molar refractivity (Wildman–Crippen MR) is 83.2 cm³/mol. The molecule has 0 saturated carbocycles. The van der Waals surface area contributed by atoms with Gasteiger partial charge in [-0.3, -0.25) is 10.1 Å². The highest BCUT2D eigenvalue weighted by Gasteiger charge is 2.10. The molecule has 1 aliphatic rings. The standard InChI is InChI=1S/C17H18N3O2/c21-20(22)17-7-5-15(6-8-17)9-10-18-11-12-19(14-18)13-16-3-1-2-4-16/h1-8,11-12,14,16H,9-10,13H2/q+1. The molecule has 5 nitrogen and oxygen atoms in total. The zero-order chi connectivity index (χ0) is 15.4. The Hall–Kier alpha value is -2.69. The van der Waals surface area contributed by atoms with Gasteiger partial charge in [-0.2, -0.15) is 0 Å². The highest BCUT2D eigenvalue weighted by atomic mass is 16.6. The van der Waals surface area contributed by atoms with E-state index in [0.717, 1.165) is 25.1 Å². The summed E-state index contributed by atoms with van der Waals surface area (Å²) in [6.07, 6.45) is 15.7. The molecule has 22 heavy (non-hydrogen) atoms. The van der Waals surface area contributed by atoms with Crippen molar-refractivity contribution in [2.75, 3.05) is 0 Å². The average Bonchev–Trinajstić information content (AvgIpc) is 3.18. The van der Waals surface area contributed by atoms with E-state index in [-0.39, 0.29) is 10.6 Å². The van der Waals surface area contributed by atoms with E-state index in [4.69, 9.17) is 0 Å². The number of nitrogens with zero attached hydrogens (tertiary/aromatic N) is 3. The molecule has 0 radical (unpaired) electrons. The lowest BCUT2D eigenvalue weighted by molar-refractivity contribution is -0.699. The van der Waals surface area contributed by atoms with E-state index in [1.165, 1.54) is 0 Å². The van der Waals surface area contributed by atoms with Crippen molar-refractivity contribution in [2.45, 2.75) is 19.5 Å². The van der Waals surface area contributed by atoms with Crippen LogP contribution in [0.15, 0.2) is 67.3 Å². The maximum absolute atomic E-state index is 10.6. The number of allylic oxidation sites excluding steroid dienone is 4. The molecule has 0 atom stereocenters. The molecule has 5 heteroatoms. The monoisotopic (exact) mass is 296 g/mol. The molecule has 0 unspecified atom stereocenters. The number of aromatic nitrogens is 2. The number of hydrogen-bond donors (Lipinski definition) is 0. The molecule has 0 aliphatic heterocycles. The first-order valence-corrected chi connectivity index (χ1v) is 7.34. The van der Waals surface area contributed by atoms with Crippen molar-refractivity contribution in [1.29, 1.82) is 0 Å². The number of benzene rings is 1. The van der Waals surface area contributed by atoms with Gasteiger partial charge in [0, 0.05) is 24.5 Å². The molecule has 112 valence electrons. The van der Waals surface area contributed by atoms with E-state index >= 15 is 0 Å². The maximum atomic E-state index is 10.6. The smallest absolute Gasteiger partial charge is 0.258 e. The molecule has 3 rings (SSSR count). The van der Waals surface area contributed by atoms with E-state index in [1.807, 2.05) is 12.1 Å². The van der Waals surface area contributed by atoms with Crippen LogP contribution >= 0.6 is 0 Å². The van der Waals surface area contributed by atoms with Crippen molar-refractivity contribution < 1.29 is 9.49 Å². The Morgan fingerprint density at radius 1 is 1.18 bits per heavy atom. The third-order valence-corrected chi connectivity index (χ3v) is 3.80. The second kappa shape index (κ2) is 6.39. The Kier molecular flexibility index (Phi) is 4.14.